The van der Waals surface area contributed by atoms with Crippen LogP contribution in [0.1, 0.15) is 52.0 Å². The molecule has 0 fully saturated rings. The van der Waals surface area contributed by atoms with Crippen LogP contribution in [0.2, 0.25) is 0 Å². The van der Waals surface area contributed by atoms with Crippen LogP contribution in [0.25, 0.3) is 0 Å². The maximum absolute atomic E-state index is 9.28. The summed E-state index contributed by atoms with van der Waals surface area (Å²) in [4.78, 5) is 0. The second-order valence-corrected chi connectivity index (χ2v) is 5.72. The highest BCUT2D eigenvalue weighted by molar-refractivity contribution is 5.29. The van der Waals surface area contributed by atoms with E-state index in [9.17, 15) is 5.11 Å². The largest absolute Gasteiger partial charge is 0.494 e. The van der Waals surface area contributed by atoms with Gasteiger partial charge in [-0.05, 0) is 36.5 Å². The molecule has 1 rings (SSSR count). The van der Waals surface area contributed by atoms with Crippen molar-refractivity contribution >= 4 is 0 Å². The monoisotopic (exact) mass is 279 g/mol. The Morgan fingerprint density at radius 3 is 2.30 bits per heavy atom. The Hall–Kier alpha value is -1.06. The Morgan fingerprint density at radius 2 is 1.80 bits per heavy atom. The molecule has 0 aliphatic carbocycles. The van der Waals surface area contributed by atoms with Gasteiger partial charge in [0.25, 0.3) is 0 Å². The van der Waals surface area contributed by atoms with Gasteiger partial charge in [0.15, 0.2) is 0 Å². The normalized spacial score (nSPS) is 14.3. The van der Waals surface area contributed by atoms with Crippen LogP contribution in [0.5, 0.6) is 5.75 Å². The lowest BCUT2D eigenvalue weighted by Crippen LogP contribution is -2.38. The minimum Gasteiger partial charge on any atom is -0.494 e. The molecule has 2 unspecified atom stereocenters. The number of aliphatic hydroxyl groups is 1. The number of rotatable bonds is 9. The zero-order valence-corrected chi connectivity index (χ0v) is 13.2. The van der Waals surface area contributed by atoms with E-state index >= 15 is 0 Å². The Kier molecular flexibility index (Phi) is 7.63. The van der Waals surface area contributed by atoms with Crippen molar-refractivity contribution in [1.29, 1.82) is 0 Å². The minimum atomic E-state index is 0.106. The summed E-state index contributed by atoms with van der Waals surface area (Å²) in [5.74, 6) is 1.50. The van der Waals surface area contributed by atoms with Crippen molar-refractivity contribution < 1.29 is 9.84 Å². The molecule has 0 radical (unpaired) electrons. The van der Waals surface area contributed by atoms with E-state index < -0.39 is 0 Å². The van der Waals surface area contributed by atoms with Crippen molar-refractivity contribution in [2.24, 2.45) is 0 Å². The van der Waals surface area contributed by atoms with E-state index in [4.69, 9.17) is 4.74 Å². The molecule has 0 heterocycles. The van der Waals surface area contributed by atoms with Gasteiger partial charge in [0.2, 0.25) is 0 Å². The van der Waals surface area contributed by atoms with Gasteiger partial charge >= 0.3 is 0 Å². The van der Waals surface area contributed by atoms with E-state index in [0.717, 1.165) is 18.6 Å². The molecule has 0 aromatic heterocycles. The molecule has 0 aliphatic heterocycles. The van der Waals surface area contributed by atoms with Crippen LogP contribution in [0.3, 0.4) is 0 Å². The van der Waals surface area contributed by atoms with E-state index in [-0.39, 0.29) is 12.6 Å². The molecule has 20 heavy (non-hydrogen) atoms. The molecule has 0 spiro atoms. The SMILES string of the molecule is CCC(C)c1ccc(OCCC(CO)NC(C)C)cc1. The lowest BCUT2D eigenvalue weighted by atomic mass is 9.99. The summed E-state index contributed by atoms with van der Waals surface area (Å²) in [5, 5.41) is 12.6. The first-order valence-electron chi connectivity index (χ1n) is 7.66. The molecule has 0 bridgehead atoms. The van der Waals surface area contributed by atoms with E-state index in [1.54, 1.807) is 0 Å². The van der Waals surface area contributed by atoms with Gasteiger partial charge in [0.1, 0.15) is 5.75 Å². The van der Waals surface area contributed by atoms with Gasteiger partial charge in [0.05, 0.1) is 13.2 Å². The summed E-state index contributed by atoms with van der Waals surface area (Å²) in [6, 6.07) is 8.83. The highest BCUT2D eigenvalue weighted by Crippen LogP contribution is 2.21. The van der Waals surface area contributed by atoms with Gasteiger partial charge in [-0.1, -0.05) is 39.8 Å². The molecule has 1 aromatic carbocycles. The van der Waals surface area contributed by atoms with Crippen molar-refractivity contribution in [3.63, 3.8) is 0 Å². The zero-order valence-electron chi connectivity index (χ0n) is 13.2. The minimum absolute atomic E-state index is 0.106. The fourth-order valence-electron chi connectivity index (χ4n) is 2.15. The second-order valence-electron chi connectivity index (χ2n) is 5.72. The molecule has 114 valence electrons. The fourth-order valence-corrected chi connectivity index (χ4v) is 2.15. The number of nitrogens with one attached hydrogen (secondary N) is 1. The van der Waals surface area contributed by atoms with Crippen molar-refractivity contribution in [1.82, 2.24) is 5.32 Å². The van der Waals surface area contributed by atoms with Crippen LogP contribution in [0.4, 0.5) is 0 Å². The van der Waals surface area contributed by atoms with Crippen LogP contribution >= 0.6 is 0 Å². The molecule has 3 nitrogen and oxygen atoms in total. The quantitative estimate of drug-likeness (QED) is 0.728. The third-order valence-corrected chi connectivity index (χ3v) is 3.59. The molecule has 2 N–H and O–H groups in total. The van der Waals surface area contributed by atoms with Crippen molar-refractivity contribution in [2.75, 3.05) is 13.2 Å². The van der Waals surface area contributed by atoms with E-state index in [1.807, 2.05) is 12.1 Å². The van der Waals surface area contributed by atoms with Crippen LogP contribution in [-0.4, -0.2) is 30.4 Å². The van der Waals surface area contributed by atoms with Crippen molar-refractivity contribution in [3.05, 3.63) is 29.8 Å². The van der Waals surface area contributed by atoms with Gasteiger partial charge in [-0.2, -0.15) is 0 Å². The third-order valence-electron chi connectivity index (χ3n) is 3.59. The number of benzene rings is 1. The summed E-state index contributed by atoms with van der Waals surface area (Å²) >= 11 is 0. The third kappa shape index (κ3) is 5.93. The molecule has 0 amide bonds. The predicted molar refractivity (Wildman–Crippen MR) is 84.4 cm³/mol. The number of ether oxygens (including phenoxy) is 1. The summed E-state index contributed by atoms with van der Waals surface area (Å²) in [5.41, 5.74) is 1.36. The average molecular weight is 279 g/mol. The Morgan fingerprint density at radius 1 is 1.15 bits per heavy atom. The standard InChI is InChI=1S/C17H29NO2/c1-5-14(4)15-6-8-17(9-7-15)20-11-10-16(12-19)18-13(2)3/h6-9,13-14,16,18-19H,5,10-12H2,1-4H3. The maximum Gasteiger partial charge on any atom is 0.119 e. The van der Waals surface area contributed by atoms with Crippen molar-refractivity contribution in [3.8, 4) is 5.75 Å². The molecular formula is C17H29NO2. The first-order valence-corrected chi connectivity index (χ1v) is 7.66. The molecule has 1 aromatic rings. The van der Waals surface area contributed by atoms with Crippen LogP contribution in [0.15, 0.2) is 24.3 Å². The topological polar surface area (TPSA) is 41.5 Å². The molecule has 0 saturated carbocycles. The molecular weight excluding hydrogens is 250 g/mol. The lowest BCUT2D eigenvalue weighted by molar-refractivity contribution is 0.202. The van der Waals surface area contributed by atoms with Gasteiger partial charge in [-0.25, -0.2) is 0 Å². The number of hydrogen-bond donors (Lipinski definition) is 2. The average Bonchev–Trinajstić information content (AvgIpc) is 2.45. The predicted octanol–water partition coefficient (Wildman–Crippen LogP) is 3.33. The second kappa shape index (κ2) is 8.98. The summed E-state index contributed by atoms with van der Waals surface area (Å²) in [6.45, 7) is 9.36. The molecule has 0 saturated heterocycles. The fraction of sp³-hybridized carbons (Fsp3) is 0.647. The molecule has 0 aliphatic rings. The summed E-state index contributed by atoms with van der Waals surface area (Å²) in [7, 11) is 0. The van der Waals surface area contributed by atoms with Crippen molar-refractivity contribution in [2.45, 2.75) is 58.5 Å². The Labute approximate surface area is 123 Å². The highest BCUT2D eigenvalue weighted by Gasteiger charge is 2.08. The first-order chi connectivity index (χ1) is 9.56. The Balaban J connectivity index is 2.38. The van der Waals surface area contributed by atoms with E-state index in [0.29, 0.717) is 18.6 Å². The Bertz CT molecular complexity index is 362. The number of hydrogen-bond acceptors (Lipinski definition) is 3. The van der Waals surface area contributed by atoms with Gasteiger partial charge in [0, 0.05) is 12.1 Å². The first kappa shape index (κ1) is 17.0. The van der Waals surface area contributed by atoms with Gasteiger partial charge in [-0.3, -0.25) is 0 Å². The van der Waals surface area contributed by atoms with Crippen LogP contribution in [-0.2, 0) is 0 Å². The number of aliphatic hydroxyl groups excluding tert-OH is 1. The molecule has 3 heteroatoms. The maximum atomic E-state index is 9.28. The van der Waals surface area contributed by atoms with Gasteiger partial charge < -0.3 is 15.2 Å². The van der Waals surface area contributed by atoms with E-state index in [1.165, 1.54) is 5.56 Å². The lowest BCUT2D eigenvalue weighted by Gasteiger charge is -2.19. The van der Waals surface area contributed by atoms with Gasteiger partial charge in [-0.15, -0.1) is 0 Å². The summed E-state index contributed by atoms with van der Waals surface area (Å²) < 4.78 is 5.74. The van der Waals surface area contributed by atoms with E-state index in [2.05, 4.69) is 45.1 Å². The summed E-state index contributed by atoms with van der Waals surface area (Å²) in [6.07, 6.45) is 1.96. The zero-order chi connectivity index (χ0) is 15.0. The van der Waals surface area contributed by atoms with Crippen LogP contribution in [0, 0.1) is 0 Å². The molecule has 2 atom stereocenters. The van der Waals surface area contributed by atoms with Crippen LogP contribution < -0.4 is 10.1 Å². The highest BCUT2D eigenvalue weighted by atomic mass is 16.5. The smallest absolute Gasteiger partial charge is 0.119 e.